The number of piperazine rings is 1. The number of hydrogen-bond donors (Lipinski definition) is 0. The van der Waals surface area contributed by atoms with Crippen LogP contribution in [0.3, 0.4) is 0 Å². The number of aromatic nitrogens is 1. The Balaban J connectivity index is 1.54. The Morgan fingerprint density at radius 3 is 2.36 bits per heavy atom. The Kier molecular flexibility index (Phi) is 10.0. The lowest BCUT2D eigenvalue weighted by Crippen LogP contribution is -2.48. The topological polar surface area (TPSA) is 72.0 Å². The van der Waals surface area contributed by atoms with Crippen LogP contribution < -0.4 is 0 Å². The molecule has 0 radical (unpaired) electrons. The molecule has 0 atom stereocenters. The van der Waals surface area contributed by atoms with E-state index in [1.165, 1.54) is 11.1 Å². The molecule has 0 unspecified atom stereocenters. The Morgan fingerprint density at radius 1 is 0.972 bits per heavy atom. The molecule has 1 fully saturated rings. The van der Waals surface area contributed by atoms with Crippen molar-refractivity contribution in [2.24, 2.45) is 0 Å². The molecule has 0 bridgehead atoms. The molecule has 1 aliphatic rings. The van der Waals surface area contributed by atoms with Crippen LogP contribution in [0.25, 0.3) is 11.1 Å². The number of hydrogen-bond acceptors (Lipinski definition) is 7. The summed E-state index contributed by atoms with van der Waals surface area (Å²) >= 11 is 0. The summed E-state index contributed by atoms with van der Waals surface area (Å²) < 4.78 is 10.7. The average molecular weight is 496 g/mol. The highest BCUT2D eigenvalue weighted by atomic mass is 16.6. The van der Waals surface area contributed by atoms with Crippen LogP contribution in [-0.4, -0.2) is 78.2 Å². The summed E-state index contributed by atoms with van der Waals surface area (Å²) in [5, 5.41) is 0. The van der Waals surface area contributed by atoms with Gasteiger partial charge in [0, 0.05) is 37.9 Å². The van der Waals surface area contributed by atoms with Gasteiger partial charge in [-0.1, -0.05) is 24.3 Å². The third kappa shape index (κ3) is 8.14. The fraction of sp³-hybridized carbons (Fsp3) is 0.552. The van der Waals surface area contributed by atoms with Gasteiger partial charge < -0.3 is 14.4 Å². The van der Waals surface area contributed by atoms with Crippen LogP contribution >= 0.6 is 0 Å². The fourth-order valence-corrected chi connectivity index (χ4v) is 4.57. The lowest BCUT2D eigenvalue weighted by Gasteiger charge is -2.34. The van der Waals surface area contributed by atoms with Gasteiger partial charge in [-0.15, -0.1) is 0 Å². The minimum absolute atomic E-state index is 0.131. The SMILES string of the molecule is CCOC(=O)CN1CCN(CCCCc2cccc(-c3cccnc3C(=O)OC(C)(C)C)c2C)CC1. The number of benzene rings is 1. The molecule has 2 aromatic rings. The third-order valence-electron chi connectivity index (χ3n) is 6.43. The van der Waals surface area contributed by atoms with Crippen LogP contribution in [0.15, 0.2) is 36.5 Å². The van der Waals surface area contributed by atoms with Crippen LogP contribution in [0.1, 0.15) is 62.2 Å². The predicted molar refractivity (Wildman–Crippen MR) is 142 cm³/mol. The zero-order chi connectivity index (χ0) is 26.1. The van der Waals surface area contributed by atoms with Gasteiger partial charge in [-0.25, -0.2) is 9.78 Å². The van der Waals surface area contributed by atoms with Crippen molar-refractivity contribution in [3.05, 3.63) is 53.3 Å². The molecule has 1 aromatic heterocycles. The number of carbonyl (C=O) groups excluding carboxylic acids is 2. The van der Waals surface area contributed by atoms with Gasteiger partial charge in [0.2, 0.25) is 0 Å². The minimum atomic E-state index is -0.573. The summed E-state index contributed by atoms with van der Waals surface area (Å²) in [5.41, 5.74) is 4.10. The fourth-order valence-electron chi connectivity index (χ4n) is 4.57. The monoisotopic (exact) mass is 495 g/mol. The lowest BCUT2D eigenvalue weighted by atomic mass is 9.93. The zero-order valence-electron chi connectivity index (χ0n) is 22.5. The summed E-state index contributed by atoms with van der Waals surface area (Å²) in [6.07, 6.45) is 4.85. The van der Waals surface area contributed by atoms with Gasteiger partial charge in [-0.2, -0.15) is 0 Å². The number of nitrogens with zero attached hydrogens (tertiary/aromatic N) is 3. The second-order valence-corrected chi connectivity index (χ2v) is 10.4. The van der Waals surface area contributed by atoms with Gasteiger partial charge in [0.05, 0.1) is 13.2 Å². The van der Waals surface area contributed by atoms with Gasteiger partial charge in [-0.3, -0.25) is 9.69 Å². The van der Waals surface area contributed by atoms with Crippen LogP contribution in [0.4, 0.5) is 0 Å². The first-order valence-electron chi connectivity index (χ1n) is 13.1. The molecule has 0 amide bonds. The van der Waals surface area contributed by atoms with Crippen molar-refractivity contribution in [1.82, 2.24) is 14.8 Å². The standard InChI is InChI=1S/C29H41N3O4/c1-6-35-26(33)21-32-19-17-31(18-20-32)16-8-7-11-23-12-9-13-24(22(23)2)25-14-10-15-30-27(25)28(34)36-29(3,4)5/h9-10,12-15H,6-8,11,16-21H2,1-5H3. The summed E-state index contributed by atoms with van der Waals surface area (Å²) in [6.45, 7) is 15.2. The van der Waals surface area contributed by atoms with Crippen LogP contribution in [0.5, 0.6) is 0 Å². The summed E-state index contributed by atoms with van der Waals surface area (Å²) in [5.74, 6) is -0.529. The van der Waals surface area contributed by atoms with Crippen LogP contribution in [-0.2, 0) is 20.7 Å². The highest BCUT2D eigenvalue weighted by Crippen LogP contribution is 2.29. The van der Waals surface area contributed by atoms with Crippen molar-refractivity contribution in [2.45, 2.75) is 59.5 Å². The highest BCUT2D eigenvalue weighted by Gasteiger charge is 2.23. The van der Waals surface area contributed by atoms with Crippen molar-refractivity contribution < 1.29 is 19.1 Å². The van der Waals surface area contributed by atoms with Gasteiger partial charge in [-0.05, 0) is 83.2 Å². The van der Waals surface area contributed by atoms with Crippen molar-refractivity contribution in [3.8, 4) is 11.1 Å². The molecular formula is C29H41N3O4. The molecule has 196 valence electrons. The maximum absolute atomic E-state index is 12.8. The van der Waals surface area contributed by atoms with Crippen molar-refractivity contribution in [3.63, 3.8) is 0 Å². The lowest BCUT2D eigenvalue weighted by molar-refractivity contribution is -0.144. The summed E-state index contributed by atoms with van der Waals surface area (Å²) in [7, 11) is 0. The number of carbonyl (C=O) groups is 2. The molecule has 7 nitrogen and oxygen atoms in total. The number of unbranched alkanes of at least 4 members (excludes halogenated alkanes) is 1. The molecule has 1 aliphatic heterocycles. The van der Waals surface area contributed by atoms with E-state index < -0.39 is 11.6 Å². The maximum atomic E-state index is 12.8. The van der Waals surface area contributed by atoms with Gasteiger partial charge in [0.25, 0.3) is 0 Å². The summed E-state index contributed by atoms with van der Waals surface area (Å²) in [6, 6.07) is 10.1. The Bertz CT molecular complexity index is 1020. The summed E-state index contributed by atoms with van der Waals surface area (Å²) in [4.78, 5) is 33.5. The van der Waals surface area contributed by atoms with E-state index in [9.17, 15) is 9.59 Å². The molecule has 1 saturated heterocycles. The average Bonchev–Trinajstić information content (AvgIpc) is 2.83. The van der Waals surface area contributed by atoms with E-state index in [4.69, 9.17) is 9.47 Å². The molecule has 0 N–H and O–H groups in total. The maximum Gasteiger partial charge on any atom is 0.358 e. The Hall–Kier alpha value is -2.77. The normalized spacial score (nSPS) is 15.0. The third-order valence-corrected chi connectivity index (χ3v) is 6.43. The van der Waals surface area contributed by atoms with Gasteiger partial charge >= 0.3 is 11.9 Å². The smallest absolute Gasteiger partial charge is 0.358 e. The molecule has 36 heavy (non-hydrogen) atoms. The van der Waals surface area contributed by atoms with Crippen molar-refractivity contribution in [1.29, 1.82) is 0 Å². The molecule has 0 aliphatic carbocycles. The second-order valence-electron chi connectivity index (χ2n) is 10.4. The highest BCUT2D eigenvalue weighted by molar-refractivity contribution is 5.96. The minimum Gasteiger partial charge on any atom is -0.465 e. The number of esters is 2. The van der Waals surface area contributed by atoms with Crippen molar-refractivity contribution >= 4 is 11.9 Å². The first kappa shape index (κ1) is 27.8. The van der Waals surface area contributed by atoms with E-state index in [1.54, 1.807) is 6.20 Å². The molecule has 3 rings (SSSR count). The Labute approximate surface area is 215 Å². The van der Waals surface area contributed by atoms with Gasteiger partial charge in [0.15, 0.2) is 5.69 Å². The second kappa shape index (κ2) is 13.0. The predicted octanol–water partition coefficient (Wildman–Crippen LogP) is 4.52. The van der Waals surface area contributed by atoms with Gasteiger partial charge in [0.1, 0.15) is 5.60 Å². The number of ether oxygens (including phenoxy) is 2. The van der Waals surface area contributed by atoms with E-state index >= 15 is 0 Å². The largest absolute Gasteiger partial charge is 0.465 e. The van der Waals surface area contributed by atoms with E-state index in [2.05, 4.69) is 39.9 Å². The molecule has 2 heterocycles. The quantitative estimate of drug-likeness (QED) is 0.355. The molecule has 7 heteroatoms. The first-order chi connectivity index (χ1) is 17.2. The van der Waals surface area contributed by atoms with E-state index in [1.807, 2.05) is 39.8 Å². The molecule has 0 spiro atoms. The van der Waals surface area contributed by atoms with E-state index in [-0.39, 0.29) is 5.97 Å². The van der Waals surface area contributed by atoms with E-state index in [0.717, 1.165) is 63.1 Å². The molecular weight excluding hydrogens is 454 g/mol. The van der Waals surface area contributed by atoms with Crippen LogP contribution in [0, 0.1) is 6.92 Å². The zero-order valence-corrected chi connectivity index (χ0v) is 22.5. The van der Waals surface area contributed by atoms with Crippen LogP contribution in [0.2, 0.25) is 0 Å². The molecule has 1 aromatic carbocycles. The first-order valence-corrected chi connectivity index (χ1v) is 13.1. The number of aryl methyl sites for hydroxylation is 1. The van der Waals surface area contributed by atoms with E-state index in [0.29, 0.717) is 18.8 Å². The van der Waals surface area contributed by atoms with Crippen molar-refractivity contribution in [2.75, 3.05) is 45.9 Å². The number of rotatable bonds is 10. The number of pyridine rings is 1. The Morgan fingerprint density at radius 2 is 1.67 bits per heavy atom. The molecule has 0 saturated carbocycles.